The Morgan fingerprint density at radius 2 is 0.552 bits per heavy atom. The van der Waals surface area contributed by atoms with Crippen LogP contribution in [0.1, 0.15) is 167 Å². The molecule has 0 fully saturated rings. The highest BCUT2D eigenvalue weighted by Gasteiger charge is 2.39. The first kappa shape index (κ1) is 87.6. The van der Waals surface area contributed by atoms with E-state index in [4.69, 9.17) is 13.1 Å². The maximum Gasteiger partial charge on any atom is 0.255 e. The van der Waals surface area contributed by atoms with E-state index in [2.05, 4.69) is 53.6 Å². The number of hydrogen-bond donors (Lipinski definition) is 5. The Balaban J connectivity index is 0.000000114. The van der Waals surface area contributed by atoms with Gasteiger partial charge in [0, 0.05) is 181 Å². The van der Waals surface area contributed by atoms with Gasteiger partial charge in [-0.1, -0.05) is 170 Å². The first-order chi connectivity index (χ1) is 70.7. The minimum Gasteiger partial charge on any atom is -0.382 e. The van der Waals surface area contributed by atoms with Crippen LogP contribution in [0.4, 0.5) is 51.2 Å². The monoisotopic (exact) mass is 1990 g/mol. The lowest BCUT2D eigenvalue weighted by Gasteiger charge is -2.22. The molecule has 0 saturated heterocycles. The molecule has 22 nitrogen and oxygen atoms in total. The first-order valence-electron chi connectivity index (χ1n) is 46.3. The molecule has 0 unspecified atom stereocenters. The smallest absolute Gasteiger partial charge is 0.255 e. The van der Waals surface area contributed by atoms with Gasteiger partial charge in [0.15, 0.2) is 52.0 Å². The van der Waals surface area contributed by atoms with Crippen LogP contribution in [0.2, 0.25) is 0 Å². The second-order valence-corrected chi connectivity index (χ2v) is 41.1. The largest absolute Gasteiger partial charge is 0.382 e. The summed E-state index contributed by atoms with van der Waals surface area (Å²) >= 11 is 8.37. The quantitative estimate of drug-likeness (QED) is 0.0670. The first-order valence-corrected chi connectivity index (χ1v) is 51.0. The summed E-state index contributed by atoms with van der Waals surface area (Å²) in [6.45, 7) is 4.14. The second-order valence-electron chi connectivity index (χ2n) is 36.2. The number of fused-ring (bicyclic) bond motifs is 14. The van der Waals surface area contributed by atoms with Crippen molar-refractivity contribution in [2.75, 3.05) is 45.6 Å². The predicted molar refractivity (Wildman–Crippen MR) is 578 cm³/mol. The van der Waals surface area contributed by atoms with Crippen molar-refractivity contribution in [1.29, 1.82) is 0 Å². The van der Waals surface area contributed by atoms with Gasteiger partial charge in [0.05, 0.1) is 124 Å². The summed E-state index contributed by atoms with van der Waals surface area (Å²) in [5, 5.41) is 22.1. The standard InChI is InChI=1S/C55H28N6O4S3.C29H14N2O4S.C17H14N2OS.C16H12N2OS/c62-52(26-19-21-27(22-20-26)56-36-13-1-7-30-43(36)53(63)33-10-4-16-40-46(33)49(30)59-66-40)29-24-23-28(57-37-14-2-8-31-44(37)54(64)34-11-5-17-41-47(34)50(31)60-67-41)25-39(29)58-38-15-3-9-32-45(38)55(65)35-12-6-18-42-48(35)51(32)61-68-42;32-26-15-5-1-2-6-16(15)27(33)20-13-14(11-12-17(20)26)29(35)30-21-9-3-7-18-23(21)28(34)19-8-4-10-22-24(19)25(18)31-36-22;1-9(2)18-12-7-3-5-10-14(12)17(20)11-6-4-8-13-15(11)16(10)19-21-13;1-18(2)11-7-3-5-9-13(11)16(19)10-6-4-8-12-14(10)15(9)17-20-12/h1-25,56-58H;1-13H,(H,30,35);3-9,18H,1-2H3;3-8H,1-2H3. The van der Waals surface area contributed by atoms with Gasteiger partial charge in [0.25, 0.3) is 5.91 Å². The van der Waals surface area contributed by atoms with Crippen LogP contribution in [-0.4, -0.2) is 104 Å². The highest BCUT2D eigenvalue weighted by molar-refractivity contribution is 7.15. The van der Waals surface area contributed by atoms with Gasteiger partial charge in [0.1, 0.15) is 0 Å². The van der Waals surface area contributed by atoms with Gasteiger partial charge >= 0.3 is 0 Å². The normalized spacial score (nSPS) is 12.9. The average molecular weight is 1990 g/mol. The van der Waals surface area contributed by atoms with Crippen LogP contribution in [0.15, 0.2) is 303 Å². The highest BCUT2D eigenvalue weighted by atomic mass is 32.1. The molecule has 0 saturated carbocycles. The van der Waals surface area contributed by atoms with E-state index in [-0.39, 0.29) is 74.8 Å². The third-order valence-corrected chi connectivity index (χ3v) is 32.2. The summed E-state index contributed by atoms with van der Waals surface area (Å²) in [6.07, 6.45) is 0. The number of nitrogens with zero attached hydrogens (tertiary/aromatic N) is 7. The highest BCUT2D eigenvalue weighted by Crippen LogP contribution is 2.52. The van der Waals surface area contributed by atoms with Crippen molar-refractivity contribution in [3.63, 3.8) is 0 Å². The number of carbonyl (C=O) groups excluding carboxylic acids is 10. The number of benzene rings is 16. The topological polar surface area (TPSA) is 311 Å². The summed E-state index contributed by atoms with van der Waals surface area (Å²) in [6, 6.07) is 92.5. The SMILES string of the molecule is CC(C)Nc1cccc2c1C(=O)c1cccc3snc-2c13.CN(C)c1cccc2c1C(=O)c1cccc3snc-2c13.O=C(Nc1cccc2c1C(=O)c1cccc3snc-2c13)c1ccc2c(c1)C(=O)c1ccccc1C2=O.O=C(c1ccc(Nc2cccc3c2C(=O)c2cccc4snc-3c24)cc1)c1ccc(Nc2cccc3c2C(=O)c2cccc4snc-3c24)cc1Nc1cccc2c1C(=O)c1cccc3snc-2c13. The zero-order valence-corrected chi connectivity index (χ0v) is 81.5. The van der Waals surface area contributed by atoms with Crippen LogP contribution in [0.25, 0.3) is 128 Å². The molecule has 22 aromatic rings. The minimum atomic E-state index is -0.486. The molecule has 29 rings (SSSR count). The van der Waals surface area contributed by atoms with E-state index in [9.17, 15) is 47.9 Å². The van der Waals surface area contributed by atoms with Crippen LogP contribution in [0.3, 0.4) is 0 Å². The summed E-state index contributed by atoms with van der Waals surface area (Å²) in [4.78, 5) is 138. The number of aromatic nitrogens is 6. The molecule has 7 aliphatic carbocycles. The molecule has 6 heterocycles. The summed E-state index contributed by atoms with van der Waals surface area (Å²) in [7, 11) is 3.92. The average Bonchev–Trinajstić information content (AvgIpc) is 1.67. The van der Waals surface area contributed by atoms with Gasteiger partial charge in [-0.25, -0.2) is 0 Å². The zero-order chi connectivity index (χ0) is 98.3. The van der Waals surface area contributed by atoms with Crippen molar-refractivity contribution in [3.05, 3.63) is 409 Å². The van der Waals surface area contributed by atoms with E-state index < -0.39 is 5.91 Å². The van der Waals surface area contributed by atoms with Crippen molar-refractivity contribution < 1.29 is 47.9 Å². The number of amides is 1. The molecule has 5 N–H and O–H groups in total. The molecule has 0 spiro atoms. The van der Waals surface area contributed by atoms with Gasteiger partial charge in [-0.3, -0.25) is 47.9 Å². The number of ketones is 9. The van der Waals surface area contributed by atoms with Crippen molar-refractivity contribution in [1.82, 2.24) is 26.2 Å². The third-order valence-electron chi connectivity index (χ3n) is 27.3. The second kappa shape index (κ2) is 34.1. The van der Waals surface area contributed by atoms with E-state index in [1.807, 2.05) is 243 Å². The molecular weight excluding hydrogens is 1930 g/mol. The summed E-state index contributed by atoms with van der Waals surface area (Å²) in [5.74, 6) is -1.59. The van der Waals surface area contributed by atoms with Crippen molar-refractivity contribution in [3.8, 4) is 67.5 Å². The number of anilines is 9. The number of nitrogens with one attached hydrogen (secondary N) is 5. The van der Waals surface area contributed by atoms with Crippen molar-refractivity contribution in [2.24, 2.45) is 0 Å². The van der Waals surface area contributed by atoms with Gasteiger partial charge in [-0.05, 0) is 217 Å². The molecule has 6 aromatic heterocycles. The molecule has 0 radical (unpaired) electrons. The third kappa shape index (κ3) is 13.9. The van der Waals surface area contributed by atoms with Crippen molar-refractivity contribution in [2.45, 2.75) is 19.9 Å². The van der Waals surface area contributed by atoms with E-state index >= 15 is 0 Å². The predicted octanol–water partition coefficient (Wildman–Crippen LogP) is 27.0. The lowest BCUT2D eigenvalue weighted by atomic mass is 9.83. The fraction of sp³-hybridized carbons (Fsp3) is 0.0427. The van der Waals surface area contributed by atoms with E-state index in [0.29, 0.717) is 118 Å². The van der Waals surface area contributed by atoms with Crippen LogP contribution in [-0.2, 0) is 0 Å². The Labute approximate surface area is 848 Å². The fourth-order valence-corrected chi connectivity index (χ4v) is 25.7. The van der Waals surface area contributed by atoms with Gasteiger partial charge < -0.3 is 31.5 Å². The molecule has 692 valence electrons. The maximum absolute atomic E-state index is 14.8. The molecule has 145 heavy (non-hydrogen) atoms. The van der Waals surface area contributed by atoms with Crippen LogP contribution >= 0.6 is 69.2 Å². The zero-order valence-electron chi connectivity index (χ0n) is 76.6. The maximum atomic E-state index is 14.8. The molecule has 1 amide bonds. The molecule has 7 aliphatic rings. The van der Waals surface area contributed by atoms with E-state index in [1.165, 1.54) is 87.4 Å². The van der Waals surface area contributed by atoms with Crippen molar-refractivity contribution >= 4 is 239 Å². The lowest BCUT2D eigenvalue weighted by molar-refractivity contribution is 0.0978. The summed E-state index contributed by atoms with van der Waals surface area (Å²) in [5.41, 5.74) is 25.0. The Morgan fingerprint density at radius 3 is 0.945 bits per heavy atom. The van der Waals surface area contributed by atoms with Gasteiger partial charge in [-0.2, -0.15) is 26.2 Å². The van der Waals surface area contributed by atoms with Crippen LogP contribution in [0, 0.1) is 0 Å². The van der Waals surface area contributed by atoms with Crippen LogP contribution in [0.5, 0.6) is 0 Å². The lowest BCUT2D eigenvalue weighted by Crippen LogP contribution is -2.22. The Morgan fingerprint density at radius 1 is 0.255 bits per heavy atom. The van der Waals surface area contributed by atoms with Gasteiger partial charge in [-0.15, -0.1) is 0 Å². The fourth-order valence-electron chi connectivity index (χ4n) is 20.8. The molecule has 28 heteroatoms. The Hall–Kier alpha value is -17.6. The molecular formula is C117H68N12O10S6. The summed E-state index contributed by atoms with van der Waals surface area (Å²) < 4.78 is 33.9. The number of hydrogen-bond acceptors (Lipinski definition) is 27. The van der Waals surface area contributed by atoms with Gasteiger partial charge in [0.2, 0.25) is 0 Å². The number of rotatable bonds is 13. The molecule has 0 aliphatic heterocycles. The molecule has 16 aromatic carbocycles. The Bertz CT molecular complexity index is 9650. The molecule has 0 atom stereocenters. The Kier molecular flexibility index (Phi) is 20.6. The minimum absolute atomic E-state index is 0.0680. The van der Waals surface area contributed by atoms with E-state index in [0.717, 1.165) is 151 Å². The number of carbonyl (C=O) groups is 10. The molecule has 0 bridgehead atoms. The van der Waals surface area contributed by atoms with E-state index in [1.54, 1.807) is 60.7 Å². The van der Waals surface area contributed by atoms with Crippen LogP contribution < -0.4 is 31.5 Å².